The van der Waals surface area contributed by atoms with E-state index in [2.05, 4.69) is 67.8 Å². The van der Waals surface area contributed by atoms with E-state index in [0.29, 0.717) is 5.41 Å². The first-order valence-electron chi connectivity index (χ1n) is 10.6. The zero-order chi connectivity index (χ0) is 18.4. The fraction of sp³-hybridized carbons (Fsp3) is 0.667. The maximum atomic E-state index is 2.68. The SMILES string of the molecule is CC1(C)C=C(c2ccccc2N2CCN(CC3CC3)CC2)CC(C)(C)C1.Cl. The van der Waals surface area contributed by atoms with Crippen molar-refractivity contribution in [1.29, 1.82) is 0 Å². The Labute approximate surface area is 172 Å². The van der Waals surface area contributed by atoms with Crippen LogP contribution in [-0.2, 0) is 0 Å². The van der Waals surface area contributed by atoms with Crippen molar-refractivity contribution in [1.82, 2.24) is 4.90 Å². The largest absolute Gasteiger partial charge is 0.368 e. The Hall–Kier alpha value is -0.990. The van der Waals surface area contributed by atoms with Gasteiger partial charge in [0, 0.05) is 44.0 Å². The number of para-hydroxylation sites is 1. The first-order valence-corrected chi connectivity index (χ1v) is 10.6. The third-order valence-electron chi connectivity index (χ3n) is 6.34. The number of halogens is 1. The van der Waals surface area contributed by atoms with Crippen molar-refractivity contribution >= 4 is 23.7 Å². The Morgan fingerprint density at radius 1 is 0.963 bits per heavy atom. The molecule has 2 nitrogen and oxygen atoms in total. The van der Waals surface area contributed by atoms with E-state index in [0.717, 1.165) is 5.92 Å². The van der Waals surface area contributed by atoms with E-state index in [4.69, 9.17) is 0 Å². The molecule has 0 atom stereocenters. The fourth-order valence-electron chi connectivity index (χ4n) is 5.42. The van der Waals surface area contributed by atoms with Gasteiger partial charge in [-0.25, -0.2) is 0 Å². The van der Waals surface area contributed by atoms with Gasteiger partial charge in [-0.2, -0.15) is 0 Å². The summed E-state index contributed by atoms with van der Waals surface area (Å²) in [5.41, 5.74) is 5.15. The summed E-state index contributed by atoms with van der Waals surface area (Å²) in [6.45, 7) is 15.8. The van der Waals surface area contributed by atoms with Crippen molar-refractivity contribution in [2.24, 2.45) is 16.7 Å². The average molecular weight is 389 g/mol. The lowest BCUT2D eigenvalue weighted by Gasteiger charge is -2.41. The zero-order valence-electron chi connectivity index (χ0n) is 17.6. The third kappa shape index (κ3) is 5.09. The molecule has 1 saturated heterocycles. The van der Waals surface area contributed by atoms with E-state index in [1.165, 1.54) is 69.7 Å². The minimum Gasteiger partial charge on any atom is -0.368 e. The maximum absolute atomic E-state index is 2.68. The molecule has 1 aliphatic heterocycles. The van der Waals surface area contributed by atoms with Crippen LogP contribution in [0.1, 0.15) is 58.9 Å². The molecule has 2 aliphatic carbocycles. The number of anilines is 1. The normalized spacial score (nSPS) is 24.9. The Morgan fingerprint density at radius 2 is 1.63 bits per heavy atom. The summed E-state index contributed by atoms with van der Waals surface area (Å²) < 4.78 is 0. The molecule has 2 fully saturated rings. The minimum absolute atomic E-state index is 0. The minimum atomic E-state index is 0. The second-order valence-electron chi connectivity index (χ2n) is 10.4. The Morgan fingerprint density at radius 3 is 2.26 bits per heavy atom. The molecule has 150 valence electrons. The lowest BCUT2D eigenvalue weighted by Crippen LogP contribution is -2.47. The van der Waals surface area contributed by atoms with Gasteiger partial charge in [-0.15, -0.1) is 12.4 Å². The molecule has 0 radical (unpaired) electrons. The van der Waals surface area contributed by atoms with Crippen LogP contribution in [0.3, 0.4) is 0 Å². The molecule has 1 saturated carbocycles. The molecule has 0 aromatic heterocycles. The summed E-state index contributed by atoms with van der Waals surface area (Å²) in [4.78, 5) is 5.32. The van der Waals surface area contributed by atoms with Crippen LogP contribution in [0.4, 0.5) is 5.69 Å². The Kier molecular flexibility index (Phi) is 5.99. The topological polar surface area (TPSA) is 6.48 Å². The van der Waals surface area contributed by atoms with Crippen LogP contribution in [0, 0.1) is 16.7 Å². The lowest BCUT2D eigenvalue weighted by atomic mass is 9.65. The maximum Gasteiger partial charge on any atom is 0.0443 e. The quantitative estimate of drug-likeness (QED) is 0.636. The summed E-state index contributed by atoms with van der Waals surface area (Å²) in [5, 5.41) is 0. The van der Waals surface area contributed by atoms with Gasteiger partial charge in [0.25, 0.3) is 0 Å². The van der Waals surface area contributed by atoms with Gasteiger partial charge in [0.15, 0.2) is 0 Å². The smallest absolute Gasteiger partial charge is 0.0443 e. The van der Waals surface area contributed by atoms with Crippen molar-refractivity contribution in [3.05, 3.63) is 35.9 Å². The van der Waals surface area contributed by atoms with Crippen LogP contribution in [0.2, 0.25) is 0 Å². The molecule has 27 heavy (non-hydrogen) atoms. The molecule has 0 N–H and O–H groups in total. The van der Waals surface area contributed by atoms with Crippen LogP contribution >= 0.6 is 12.4 Å². The average Bonchev–Trinajstić information content (AvgIpc) is 3.37. The monoisotopic (exact) mass is 388 g/mol. The van der Waals surface area contributed by atoms with Gasteiger partial charge in [-0.05, 0) is 54.1 Å². The number of hydrogen-bond donors (Lipinski definition) is 0. The highest BCUT2D eigenvalue weighted by molar-refractivity contribution is 5.85. The van der Waals surface area contributed by atoms with Crippen molar-refractivity contribution in [2.75, 3.05) is 37.6 Å². The summed E-state index contributed by atoms with van der Waals surface area (Å²) in [7, 11) is 0. The molecule has 0 spiro atoms. The van der Waals surface area contributed by atoms with Gasteiger partial charge in [-0.1, -0.05) is 52.0 Å². The molecule has 4 rings (SSSR count). The van der Waals surface area contributed by atoms with Gasteiger partial charge in [0.2, 0.25) is 0 Å². The summed E-state index contributed by atoms with van der Waals surface area (Å²) in [5.74, 6) is 1.01. The van der Waals surface area contributed by atoms with Crippen LogP contribution < -0.4 is 4.90 Å². The number of hydrogen-bond acceptors (Lipinski definition) is 2. The fourth-order valence-corrected chi connectivity index (χ4v) is 5.42. The Balaban J connectivity index is 0.00000210. The molecule has 1 aromatic carbocycles. The van der Waals surface area contributed by atoms with Gasteiger partial charge < -0.3 is 4.90 Å². The molecule has 1 heterocycles. The second-order valence-corrected chi connectivity index (χ2v) is 10.4. The van der Waals surface area contributed by atoms with Gasteiger partial charge in [0.1, 0.15) is 0 Å². The molecular weight excluding hydrogens is 352 g/mol. The standard InChI is InChI=1S/C24H36N2.ClH/c1-23(2)15-20(16-24(3,4)18-23)21-7-5-6-8-22(21)26-13-11-25(12-14-26)17-19-9-10-19;/h5-8,15,19H,9-14,16-18H2,1-4H3;1H. The van der Waals surface area contributed by atoms with Crippen molar-refractivity contribution < 1.29 is 0 Å². The van der Waals surface area contributed by atoms with E-state index >= 15 is 0 Å². The molecule has 0 unspecified atom stereocenters. The molecule has 0 amide bonds. The second kappa shape index (κ2) is 7.79. The number of benzene rings is 1. The number of rotatable bonds is 4. The van der Waals surface area contributed by atoms with E-state index < -0.39 is 0 Å². The lowest BCUT2D eigenvalue weighted by molar-refractivity contribution is 0.228. The predicted octanol–water partition coefficient (Wildman–Crippen LogP) is 5.87. The highest BCUT2D eigenvalue weighted by Gasteiger charge is 2.34. The molecular formula is C24H37ClN2. The van der Waals surface area contributed by atoms with E-state index in [1.54, 1.807) is 5.57 Å². The highest BCUT2D eigenvalue weighted by atomic mass is 35.5. The van der Waals surface area contributed by atoms with Crippen LogP contribution in [0.15, 0.2) is 30.3 Å². The third-order valence-corrected chi connectivity index (χ3v) is 6.34. The summed E-state index contributed by atoms with van der Waals surface area (Å²) in [6, 6.07) is 9.14. The Bertz CT molecular complexity index is 679. The first kappa shape index (κ1) is 20.7. The van der Waals surface area contributed by atoms with Crippen LogP contribution in [0.25, 0.3) is 5.57 Å². The van der Waals surface area contributed by atoms with E-state index in [1.807, 2.05) is 0 Å². The molecule has 3 heteroatoms. The van der Waals surface area contributed by atoms with Gasteiger partial charge in [0.05, 0.1) is 0 Å². The van der Waals surface area contributed by atoms with Crippen molar-refractivity contribution in [2.45, 2.75) is 53.4 Å². The summed E-state index contributed by atoms with van der Waals surface area (Å²) >= 11 is 0. The van der Waals surface area contributed by atoms with Crippen LogP contribution in [0.5, 0.6) is 0 Å². The number of piperazine rings is 1. The van der Waals surface area contributed by atoms with Crippen LogP contribution in [-0.4, -0.2) is 37.6 Å². The van der Waals surface area contributed by atoms with E-state index in [-0.39, 0.29) is 17.8 Å². The summed E-state index contributed by atoms with van der Waals surface area (Å²) in [6.07, 6.45) is 7.94. The van der Waals surface area contributed by atoms with Crippen molar-refractivity contribution in [3.8, 4) is 0 Å². The number of nitrogens with zero attached hydrogens (tertiary/aromatic N) is 2. The first-order chi connectivity index (χ1) is 12.3. The highest BCUT2D eigenvalue weighted by Crippen LogP contribution is 2.48. The van der Waals surface area contributed by atoms with Crippen molar-refractivity contribution in [3.63, 3.8) is 0 Å². The predicted molar refractivity (Wildman–Crippen MR) is 120 cm³/mol. The van der Waals surface area contributed by atoms with Gasteiger partial charge in [-0.3, -0.25) is 4.90 Å². The molecule has 0 bridgehead atoms. The van der Waals surface area contributed by atoms with E-state index in [9.17, 15) is 0 Å². The zero-order valence-corrected chi connectivity index (χ0v) is 18.4. The molecule has 3 aliphatic rings. The number of allylic oxidation sites excluding steroid dienone is 2. The van der Waals surface area contributed by atoms with Gasteiger partial charge >= 0.3 is 0 Å². The molecule has 1 aromatic rings.